The number of rotatable bonds is 9. The van der Waals surface area contributed by atoms with Gasteiger partial charge in [0.1, 0.15) is 11.5 Å². The molecule has 0 aliphatic heterocycles. The molecular weight excluding hydrogens is 400 g/mol. The lowest BCUT2D eigenvalue weighted by Gasteiger charge is -2.13. The minimum Gasteiger partial charge on any atom is -0.457 e. The fourth-order valence-corrected chi connectivity index (χ4v) is 3.31. The van der Waals surface area contributed by atoms with Gasteiger partial charge in [0.05, 0.1) is 0 Å². The second kappa shape index (κ2) is 11.1. The minimum atomic E-state index is -0.122. The molecule has 0 saturated heterocycles. The molecule has 0 aliphatic carbocycles. The molecule has 0 radical (unpaired) electrons. The van der Waals surface area contributed by atoms with E-state index in [4.69, 9.17) is 4.74 Å². The van der Waals surface area contributed by atoms with Crippen LogP contribution in [0.2, 0.25) is 0 Å². The van der Waals surface area contributed by atoms with Crippen molar-refractivity contribution >= 4 is 23.2 Å². The Kier molecular flexibility index (Phi) is 8.03. The highest BCUT2D eigenvalue weighted by molar-refractivity contribution is 5.93. The molecule has 32 heavy (non-hydrogen) atoms. The number of nitrogens with one attached hydrogen (secondary N) is 2. The van der Waals surface area contributed by atoms with Crippen molar-refractivity contribution in [3.63, 3.8) is 0 Å². The zero-order chi connectivity index (χ0) is 22.9. The standard InChI is InChI=1S/C27H30N2O3/c1-19(2)21-9-11-22(12-10-21)28-26(30)17-20(3)18-27(31)29-23-13-15-25(16-14-23)32-24-7-5-4-6-8-24/h4-16,19-20H,17-18H2,1-3H3,(H,28,30)(H,29,31)/t20-/m0/s1. The highest BCUT2D eigenvalue weighted by Gasteiger charge is 2.14. The minimum absolute atomic E-state index is 0.0781. The van der Waals surface area contributed by atoms with E-state index in [-0.39, 0.29) is 30.6 Å². The maximum absolute atomic E-state index is 12.4. The molecule has 2 N–H and O–H groups in total. The van der Waals surface area contributed by atoms with E-state index in [0.717, 1.165) is 11.4 Å². The van der Waals surface area contributed by atoms with Crippen LogP contribution in [-0.4, -0.2) is 11.8 Å². The molecule has 3 rings (SSSR count). The Labute approximate surface area is 189 Å². The van der Waals surface area contributed by atoms with Crippen LogP contribution >= 0.6 is 0 Å². The van der Waals surface area contributed by atoms with Crippen LogP contribution in [0.5, 0.6) is 11.5 Å². The van der Waals surface area contributed by atoms with E-state index in [0.29, 0.717) is 17.4 Å². The van der Waals surface area contributed by atoms with Crippen molar-refractivity contribution in [2.75, 3.05) is 10.6 Å². The number of amides is 2. The topological polar surface area (TPSA) is 67.4 Å². The van der Waals surface area contributed by atoms with Crippen LogP contribution in [-0.2, 0) is 9.59 Å². The number of benzene rings is 3. The summed E-state index contributed by atoms with van der Waals surface area (Å²) in [5.74, 6) is 1.61. The fourth-order valence-electron chi connectivity index (χ4n) is 3.31. The van der Waals surface area contributed by atoms with Gasteiger partial charge < -0.3 is 15.4 Å². The molecule has 166 valence electrons. The van der Waals surface area contributed by atoms with Gasteiger partial charge in [0, 0.05) is 24.2 Å². The molecule has 0 bridgehead atoms. The Morgan fingerprint density at radius 1 is 0.688 bits per heavy atom. The Morgan fingerprint density at radius 2 is 1.16 bits per heavy atom. The molecule has 0 fully saturated rings. The normalized spacial score (nSPS) is 11.6. The fraction of sp³-hybridized carbons (Fsp3) is 0.259. The molecular formula is C27H30N2O3. The SMILES string of the molecule is CC(C)c1ccc(NC(=O)C[C@H](C)CC(=O)Nc2ccc(Oc3ccccc3)cc2)cc1. The molecule has 0 saturated carbocycles. The predicted molar refractivity (Wildman–Crippen MR) is 129 cm³/mol. The summed E-state index contributed by atoms with van der Waals surface area (Å²) in [7, 11) is 0. The van der Waals surface area contributed by atoms with E-state index in [1.807, 2.05) is 73.7 Å². The first kappa shape index (κ1) is 23.1. The highest BCUT2D eigenvalue weighted by atomic mass is 16.5. The van der Waals surface area contributed by atoms with Gasteiger partial charge in [-0.25, -0.2) is 0 Å². The van der Waals surface area contributed by atoms with Crippen LogP contribution in [0.3, 0.4) is 0 Å². The first-order valence-electron chi connectivity index (χ1n) is 10.9. The average Bonchev–Trinajstić information content (AvgIpc) is 2.76. The molecule has 0 aliphatic rings. The van der Waals surface area contributed by atoms with Crippen LogP contribution in [0.1, 0.15) is 45.1 Å². The summed E-state index contributed by atoms with van der Waals surface area (Å²) in [6.45, 7) is 6.16. The molecule has 3 aromatic carbocycles. The molecule has 1 atom stereocenters. The van der Waals surface area contributed by atoms with Crippen molar-refractivity contribution < 1.29 is 14.3 Å². The largest absolute Gasteiger partial charge is 0.457 e. The van der Waals surface area contributed by atoms with Crippen molar-refractivity contribution in [3.8, 4) is 11.5 Å². The van der Waals surface area contributed by atoms with E-state index in [1.165, 1.54) is 5.56 Å². The highest BCUT2D eigenvalue weighted by Crippen LogP contribution is 2.23. The lowest BCUT2D eigenvalue weighted by Crippen LogP contribution is -2.20. The lowest BCUT2D eigenvalue weighted by molar-refractivity contribution is -0.118. The molecule has 2 amide bonds. The van der Waals surface area contributed by atoms with Crippen LogP contribution in [0.4, 0.5) is 11.4 Å². The van der Waals surface area contributed by atoms with Crippen LogP contribution < -0.4 is 15.4 Å². The first-order chi connectivity index (χ1) is 15.4. The summed E-state index contributed by atoms with van der Waals surface area (Å²) in [6, 6.07) is 24.6. The number of ether oxygens (including phenoxy) is 1. The van der Waals surface area contributed by atoms with E-state index in [2.05, 4.69) is 24.5 Å². The number of carbonyl (C=O) groups excluding carboxylic acids is 2. The van der Waals surface area contributed by atoms with Crippen LogP contribution in [0.15, 0.2) is 78.9 Å². The van der Waals surface area contributed by atoms with E-state index < -0.39 is 0 Å². The molecule has 0 spiro atoms. The van der Waals surface area contributed by atoms with Gasteiger partial charge in [0.15, 0.2) is 0 Å². The Bertz CT molecular complexity index is 1010. The van der Waals surface area contributed by atoms with Gasteiger partial charge in [-0.05, 0) is 65.9 Å². The molecule has 0 unspecified atom stereocenters. The summed E-state index contributed by atoms with van der Waals surface area (Å²) < 4.78 is 5.76. The van der Waals surface area contributed by atoms with E-state index in [9.17, 15) is 9.59 Å². The first-order valence-corrected chi connectivity index (χ1v) is 10.9. The third kappa shape index (κ3) is 7.27. The number of carbonyl (C=O) groups is 2. The van der Waals surface area contributed by atoms with E-state index >= 15 is 0 Å². The molecule has 0 heterocycles. The van der Waals surface area contributed by atoms with Gasteiger partial charge >= 0.3 is 0 Å². The number of hydrogen-bond acceptors (Lipinski definition) is 3. The smallest absolute Gasteiger partial charge is 0.224 e. The molecule has 3 aromatic rings. The summed E-state index contributed by atoms with van der Waals surface area (Å²) >= 11 is 0. The summed E-state index contributed by atoms with van der Waals surface area (Å²) in [5, 5.41) is 5.78. The number of para-hydroxylation sites is 1. The van der Waals surface area contributed by atoms with Crippen molar-refractivity contribution in [1.29, 1.82) is 0 Å². The Hall–Kier alpha value is -3.60. The van der Waals surface area contributed by atoms with Crippen molar-refractivity contribution in [1.82, 2.24) is 0 Å². The Balaban J connectivity index is 1.43. The monoisotopic (exact) mass is 430 g/mol. The van der Waals surface area contributed by atoms with Crippen molar-refractivity contribution in [2.45, 2.75) is 39.5 Å². The van der Waals surface area contributed by atoms with Gasteiger partial charge in [-0.1, -0.05) is 51.1 Å². The van der Waals surface area contributed by atoms with Gasteiger partial charge in [-0.2, -0.15) is 0 Å². The molecule has 5 nitrogen and oxygen atoms in total. The van der Waals surface area contributed by atoms with Gasteiger partial charge in [0.2, 0.25) is 11.8 Å². The number of anilines is 2. The van der Waals surface area contributed by atoms with Gasteiger partial charge in [-0.15, -0.1) is 0 Å². The zero-order valence-electron chi connectivity index (χ0n) is 18.8. The van der Waals surface area contributed by atoms with Crippen molar-refractivity contribution in [3.05, 3.63) is 84.4 Å². The quantitative estimate of drug-likeness (QED) is 0.402. The predicted octanol–water partition coefficient (Wildman–Crippen LogP) is 6.60. The second-order valence-electron chi connectivity index (χ2n) is 8.33. The van der Waals surface area contributed by atoms with E-state index in [1.54, 1.807) is 12.1 Å². The molecule has 0 aromatic heterocycles. The Morgan fingerprint density at radius 3 is 1.66 bits per heavy atom. The van der Waals surface area contributed by atoms with Crippen LogP contribution in [0, 0.1) is 5.92 Å². The maximum Gasteiger partial charge on any atom is 0.224 e. The maximum atomic E-state index is 12.4. The van der Waals surface area contributed by atoms with Crippen LogP contribution in [0.25, 0.3) is 0 Å². The lowest BCUT2D eigenvalue weighted by atomic mass is 10.0. The van der Waals surface area contributed by atoms with Gasteiger partial charge in [0.25, 0.3) is 0 Å². The average molecular weight is 431 g/mol. The molecule has 5 heteroatoms. The zero-order valence-corrected chi connectivity index (χ0v) is 18.8. The summed E-state index contributed by atoms with van der Waals surface area (Å²) in [4.78, 5) is 24.7. The van der Waals surface area contributed by atoms with Crippen molar-refractivity contribution in [2.24, 2.45) is 5.92 Å². The third-order valence-corrected chi connectivity index (χ3v) is 5.05. The third-order valence-electron chi connectivity index (χ3n) is 5.05. The number of hydrogen-bond donors (Lipinski definition) is 2. The summed E-state index contributed by atoms with van der Waals surface area (Å²) in [5.41, 5.74) is 2.69. The van der Waals surface area contributed by atoms with Gasteiger partial charge in [-0.3, -0.25) is 9.59 Å². The second-order valence-corrected chi connectivity index (χ2v) is 8.33. The summed E-state index contributed by atoms with van der Waals surface area (Å²) in [6.07, 6.45) is 0.547.